The van der Waals surface area contributed by atoms with Crippen LogP contribution in [0.2, 0.25) is 0 Å². The second-order valence-electron chi connectivity index (χ2n) is 7.76. The van der Waals surface area contributed by atoms with Crippen LogP contribution >= 0.6 is 0 Å². The summed E-state index contributed by atoms with van der Waals surface area (Å²) >= 11 is 0. The summed E-state index contributed by atoms with van der Waals surface area (Å²) < 4.78 is 10.3. The molecular formula is C20H29NO4. The van der Waals surface area contributed by atoms with Crippen LogP contribution < -0.4 is 0 Å². The van der Waals surface area contributed by atoms with Crippen molar-refractivity contribution < 1.29 is 19.1 Å². The summed E-state index contributed by atoms with van der Waals surface area (Å²) in [5.74, 6) is 0.214. The Morgan fingerprint density at radius 2 is 1.84 bits per heavy atom. The number of hydrogen-bond acceptors (Lipinski definition) is 4. The third-order valence-electron chi connectivity index (χ3n) is 4.50. The van der Waals surface area contributed by atoms with Crippen molar-refractivity contribution in [3.05, 3.63) is 34.9 Å². The van der Waals surface area contributed by atoms with E-state index in [4.69, 9.17) is 9.47 Å². The van der Waals surface area contributed by atoms with Crippen LogP contribution in [0.5, 0.6) is 0 Å². The van der Waals surface area contributed by atoms with Crippen LogP contribution in [0.15, 0.2) is 18.2 Å². The summed E-state index contributed by atoms with van der Waals surface area (Å²) in [4.78, 5) is 25.7. The molecular weight excluding hydrogens is 318 g/mol. The number of benzene rings is 1. The van der Waals surface area contributed by atoms with Gasteiger partial charge in [0.1, 0.15) is 5.60 Å². The fourth-order valence-corrected chi connectivity index (χ4v) is 3.11. The standard InChI is InChI=1S/C20H29NO4/c1-14-6-7-16(13-17(14)18(22)24-5)12-15-8-10-21(11-9-15)19(23)25-20(2,3)4/h6-7,13,15H,8-12H2,1-5H3. The van der Waals surface area contributed by atoms with Crippen molar-refractivity contribution in [2.45, 2.75) is 52.6 Å². The Balaban J connectivity index is 1.92. The maximum Gasteiger partial charge on any atom is 0.410 e. The monoisotopic (exact) mass is 347 g/mol. The van der Waals surface area contributed by atoms with E-state index in [1.54, 1.807) is 4.90 Å². The molecule has 0 spiro atoms. The number of nitrogens with zero attached hydrogens (tertiary/aromatic N) is 1. The maximum atomic E-state index is 12.1. The molecule has 1 amide bonds. The van der Waals surface area contributed by atoms with Gasteiger partial charge in [0.05, 0.1) is 12.7 Å². The molecule has 25 heavy (non-hydrogen) atoms. The van der Waals surface area contributed by atoms with Crippen molar-refractivity contribution in [2.75, 3.05) is 20.2 Å². The first-order valence-corrected chi connectivity index (χ1v) is 8.85. The van der Waals surface area contributed by atoms with Crippen LogP contribution in [0.3, 0.4) is 0 Å². The van der Waals surface area contributed by atoms with Gasteiger partial charge >= 0.3 is 12.1 Å². The average Bonchev–Trinajstić information content (AvgIpc) is 2.55. The number of amides is 1. The molecule has 0 N–H and O–H groups in total. The lowest BCUT2D eigenvalue weighted by Crippen LogP contribution is -2.42. The number of piperidine rings is 1. The molecule has 2 rings (SSSR count). The van der Waals surface area contributed by atoms with Crippen LogP contribution in [-0.2, 0) is 15.9 Å². The zero-order valence-corrected chi connectivity index (χ0v) is 15.9. The number of ether oxygens (including phenoxy) is 2. The highest BCUT2D eigenvalue weighted by molar-refractivity contribution is 5.91. The van der Waals surface area contributed by atoms with Gasteiger partial charge in [-0.15, -0.1) is 0 Å². The third-order valence-corrected chi connectivity index (χ3v) is 4.50. The van der Waals surface area contributed by atoms with E-state index in [1.165, 1.54) is 7.11 Å². The van der Waals surface area contributed by atoms with Crippen LogP contribution in [0.1, 0.15) is 55.1 Å². The minimum Gasteiger partial charge on any atom is -0.465 e. The number of carbonyl (C=O) groups excluding carboxylic acids is 2. The molecule has 1 saturated heterocycles. The number of esters is 1. The van der Waals surface area contributed by atoms with Crippen molar-refractivity contribution in [1.29, 1.82) is 0 Å². The summed E-state index contributed by atoms with van der Waals surface area (Å²) in [5.41, 5.74) is 2.24. The van der Waals surface area contributed by atoms with E-state index in [0.717, 1.165) is 43.5 Å². The van der Waals surface area contributed by atoms with E-state index < -0.39 is 5.60 Å². The van der Waals surface area contributed by atoms with Crippen LogP contribution in [0.4, 0.5) is 4.79 Å². The number of carbonyl (C=O) groups is 2. The zero-order valence-electron chi connectivity index (χ0n) is 15.9. The van der Waals surface area contributed by atoms with Crippen molar-refractivity contribution in [3.8, 4) is 0 Å². The van der Waals surface area contributed by atoms with E-state index in [-0.39, 0.29) is 12.1 Å². The molecule has 0 aliphatic carbocycles. The first-order valence-electron chi connectivity index (χ1n) is 8.85. The molecule has 1 aromatic carbocycles. The van der Waals surface area contributed by atoms with Crippen molar-refractivity contribution in [2.24, 2.45) is 5.92 Å². The van der Waals surface area contributed by atoms with Crippen molar-refractivity contribution >= 4 is 12.1 Å². The zero-order chi connectivity index (χ0) is 18.6. The van der Waals surface area contributed by atoms with E-state index in [9.17, 15) is 9.59 Å². The first kappa shape index (κ1) is 19.3. The Kier molecular flexibility index (Phi) is 6.09. The second kappa shape index (κ2) is 7.89. The highest BCUT2D eigenvalue weighted by Crippen LogP contribution is 2.24. The predicted octanol–water partition coefficient (Wildman–Crippen LogP) is 3.97. The Hall–Kier alpha value is -2.04. The first-order chi connectivity index (χ1) is 11.7. The molecule has 0 atom stereocenters. The molecule has 0 bridgehead atoms. The van der Waals surface area contributed by atoms with Gasteiger partial charge in [-0.3, -0.25) is 0 Å². The number of hydrogen-bond donors (Lipinski definition) is 0. The maximum absolute atomic E-state index is 12.1. The largest absolute Gasteiger partial charge is 0.465 e. The average molecular weight is 347 g/mol. The third kappa shape index (κ3) is 5.48. The van der Waals surface area contributed by atoms with E-state index >= 15 is 0 Å². The Morgan fingerprint density at radius 1 is 1.20 bits per heavy atom. The topological polar surface area (TPSA) is 55.8 Å². The normalized spacial score (nSPS) is 15.8. The van der Waals surface area contributed by atoms with Crippen molar-refractivity contribution in [3.63, 3.8) is 0 Å². The van der Waals surface area contributed by atoms with Gasteiger partial charge in [-0.25, -0.2) is 9.59 Å². The fraction of sp³-hybridized carbons (Fsp3) is 0.600. The van der Waals surface area contributed by atoms with E-state index in [0.29, 0.717) is 11.5 Å². The molecule has 0 radical (unpaired) electrons. The Bertz CT molecular complexity index is 625. The minimum absolute atomic E-state index is 0.228. The van der Waals surface area contributed by atoms with Gasteiger partial charge < -0.3 is 14.4 Å². The van der Waals surface area contributed by atoms with Gasteiger partial charge in [0.2, 0.25) is 0 Å². The molecule has 1 fully saturated rings. The lowest BCUT2D eigenvalue weighted by atomic mass is 9.89. The van der Waals surface area contributed by atoms with Crippen molar-refractivity contribution in [1.82, 2.24) is 4.90 Å². The molecule has 1 aromatic rings. The van der Waals surface area contributed by atoms with Gasteiger partial charge in [-0.2, -0.15) is 0 Å². The smallest absolute Gasteiger partial charge is 0.410 e. The van der Waals surface area contributed by atoms with Crippen LogP contribution in [0.25, 0.3) is 0 Å². The van der Waals surface area contributed by atoms with E-state index in [2.05, 4.69) is 6.07 Å². The lowest BCUT2D eigenvalue weighted by molar-refractivity contribution is 0.0184. The number of rotatable bonds is 3. The van der Waals surface area contributed by atoms with Crippen LogP contribution in [0, 0.1) is 12.8 Å². The summed E-state index contributed by atoms with van der Waals surface area (Å²) in [6.07, 6.45) is 2.57. The molecule has 0 aromatic heterocycles. The molecule has 5 nitrogen and oxygen atoms in total. The summed E-state index contributed by atoms with van der Waals surface area (Å²) in [5, 5.41) is 0. The molecule has 5 heteroatoms. The molecule has 1 aliphatic rings. The van der Waals surface area contributed by atoms with Gasteiger partial charge in [0.15, 0.2) is 0 Å². The Labute approximate surface area is 150 Å². The van der Waals surface area contributed by atoms with Gasteiger partial charge in [-0.05, 0) is 70.1 Å². The highest BCUT2D eigenvalue weighted by atomic mass is 16.6. The van der Waals surface area contributed by atoms with Gasteiger partial charge in [0, 0.05) is 13.1 Å². The van der Waals surface area contributed by atoms with E-state index in [1.807, 2.05) is 39.8 Å². The van der Waals surface area contributed by atoms with Gasteiger partial charge in [-0.1, -0.05) is 12.1 Å². The highest BCUT2D eigenvalue weighted by Gasteiger charge is 2.27. The fourth-order valence-electron chi connectivity index (χ4n) is 3.11. The molecule has 138 valence electrons. The molecule has 0 saturated carbocycles. The summed E-state index contributed by atoms with van der Waals surface area (Å²) in [6.45, 7) is 9.00. The second-order valence-corrected chi connectivity index (χ2v) is 7.76. The number of likely N-dealkylation sites (tertiary alicyclic amines) is 1. The predicted molar refractivity (Wildman–Crippen MR) is 96.8 cm³/mol. The van der Waals surface area contributed by atoms with Gasteiger partial charge in [0.25, 0.3) is 0 Å². The Morgan fingerprint density at radius 3 is 2.40 bits per heavy atom. The molecule has 1 aliphatic heterocycles. The quantitative estimate of drug-likeness (QED) is 0.776. The number of aryl methyl sites for hydroxylation is 1. The molecule has 0 unspecified atom stereocenters. The summed E-state index contributed by atoms with van der Waals surface area (Å²) in [6, 6.07) is 5.97. The van der Waals surface area contributed by atoms with Crippen LogP contribution in [-0.4, -0.2) is 42.8 Å². The summed E-state index contributed by atoms with van der Waals surface area (Å²) in [7, 11) is 1.40. The number of methoxy groups -OCH3 is 1. The lowest BCUT2D eigenvalue weighted by Gasteiger charge is -2.33. The SMILES string of the molecule is COC(=O)c1cc(CC2CCN(C(=O)OC(C)(C)C)CC2)ccc1C. The minimum atomic E-state index is -0.458. The molecule has 1 heterocycles.